The van der Waals surface area contributed by atoms with E-state index in [2.05, 4.69) is 0 Å². The van der Waals surface area contributed by atoms with E-state index >= 15 is 0 Å². The molecule has 0 aromatic heterocycles. The van der Waals surface area contributed by atoms with Crippen molar-refractivity contribution >= 4 is 5.97 Å². The van der Waals surface area contributed by atoms with Gasteiger partial charge in [-0.25, -0.2) is 0 Å². The van der Waals surface area contributed by atoms with Gasteiger partial charge >= 0.3 is 5.97 Å². The van der Waals surface area contributed by atoms with Crippen molar-refractivity contribution in [2.45, 2.75) is 27.2 Å². The summed E-state index contributed by atoms with van der Waals surface area (Å²) in [6, 6.07) is 13.7. The average molecular weight is 284 g/mol. The molecule has 0 aliphatic carbocycles. The Kier molecular flexibility index (Phi) is 4.99. The summed E-state index contributed by atoms with van der Waals surface area (Å²) in [6.45, 7) is 6.20. The monoisotopic (exact) mass is 284 g/mol. The predicted octanol–water partition coefficient (Wildman–Crippen LogP) is 4.20. The number of aryl methyl sites for hydroxylation is 2. The number of rotatable bonds is 5. The van der Waals surface area contributed by atoms with E-state index in [0.717, 1.165) is 28.2 Å². The van der Waals surface area contributed by atoms with Crippen LogP contribution < -0.4 is 4.74 Å². The first kappa shape index (κ1) is 15.1. The summed E-state index contributed by atoms with van der Waals surface area (Å²) in [5.41, 5.74) is 3.00. The molecule has 2 rings (SSSR count). The van der Waals surface area contributed by atoms with Crippen LogP contribution in [-0.2, 0) is 16.0 Å². The molecule has 0 fully saturated rings. The minimum atomic E-state index is -0.219. The molecule has 0 heterocycles. The molecule has 3 heteroatoms. The zero-order valence-corrected chi connectivity index (χ0v) is 12.7. The Morgan fingerprint density at radius 1 is 1.00 bits per heavy atom. The quantitative estimate of drug-likeness (QED) is 0.772. The van der Waals surface area contributed by atoms with Crippen LogP contribution in [-0.4, -0.2) is 12.6 Å². The first-order valence-corrected chi connectivity index (χ1v) is 7.08. The molecule has 2 aromatic carbocycles. The van der Waals surface area contributed by atoms with Gasteiger partial charge in [-0.2, -0.15) is 0 Å². The lowest BCUT2D eigenvalue weighted by Gasteiger charge is -2.12. The highest BCUT2D eigenvalue weighted by atomic mass is 16.5. The van der Waals surface area contributed by atoms with Crippen LogP contribution in [0.25, 0.3) is 0 Å². The van der Waals surface area contributed by atoms with Crippen LogP contribution in [0.2, 0.25) is 0 Å². The van der Waals surface area contributed by atoms with Crippen molar-refractivity contribution in [1.82, 2.24) is 0 Å². The summed E-state index contributed by atoms with van der Waals surface area (Å²) in [5, 5.41) is 0. The maximum atomic E-state index is 11.6. The summed E-state index contributed by atoms with van der Waals surface area (Å²) in [6.07, 6.45) is 0.262. The molecule has 2 aromatic rings. The Bertz CT molecular complexity index is 632. The number of benzene rings is 2. The molecule has 0 saturated carbocycles. The Balaban J connectivity index is 2.19. The van der Waals surface area contributed by atoms with E-state index in [-0.39, 0.29) is 12.4 Å². The van der Waals surface area contributed by atoms with E-state index < -0.39 is 0 Å². The fourth-order valence-electron chi connectivity index (χ4n) is 2.03. The Hall–Kier alpha value is -2.29. The molecule has 110 valence electrons. The maximum absolute atomic E-state index is 11.6. The topological polar surface area (TPSA) is 35.5 Å². The number of ether oxygens (including phenoxy) is 2. The normalized spacial score (nSPS) is 10.2. The fraction of sp³-hybridized carbons (Fsp3) is 0.278. The standard InChI is InChI=1S/C18H20O3/c1-4-20-18(19)12-15-10-9-14(3)17(11-15)21-16-8-6-5-7-13(16)2/h5-11H,4,12H2,1-3H3. The highest BCUT2D eigenvalue weighted by Gasteiger charge is 2.08. The molecule has 0 spiro atoms. The molecule has 0 aliphatic heterocycles. The first-order chi connectivity index (χ1) is 10.1. The molecule has 0 saturated heterocycles. The highest BCUT2D eigenvalue weighted by Crippen LogP contribution is 2.28. The van der Waals surface area contributed by atoms with Crippen LogP contribution in [0.4, 0.5) is 0 Å². The lowest BCUT2D eigenvalue weighted by Crippen LogP contribution is -2.07. The van der Waals surface area contributed by atoms with Gasteiger partial charge in [0.05, 0.1) is 13.0 Å². The number of esters is 1. The predicted molar refractivity (Wildman–Crippen MR) is 82.8 cm³/mol. The van der Waals surface area contributed by atoms with Crippen molar-refractivity contribution in [2.75, 3.05) is 6.61 Å². The second-order valence-corrected chi connectivity index (χ2v) is 4.95. The van der Waals surface area contributed by atoms with Gasteiger partial charge in [-0.3, -0.25) is 4.79 Å². The molecule has 0 atom stereocenters. The van der Waals surface area contributed by atoms with Crippen molar-refractivity contribution in [3.8, 4) is 11.5 Å². The Labute approximate surface area is 125 Å². The molecule has 0 unspecified atom stereocenters. The van der Waals surface area contributed by atoms with E-state index in [1.807, 2.05) is 56.3 Å². The summed E-state index contributed by atoms with van der Waals surface area (Å²) in [4.78, 5) is 11.6. The molecule has 3 nitrogen and oxygen atoms in total. The second-order valence-electron chi connectivity index (χ2n) is 4.95. The minimum Gasteiger partial charge on any atom is -0.466 e. The van der Waals surface area contributed by atoms with Gasteiger partial charge in [-0.1, -0.05) is 30.3 Å². The first-order valence-electron chi connectivity index (χ1n) is 7.08. The van der Waals surface area contributed by atoms with Gasteiger partial charge in [0.2, 0.25) is 0 Å². The van der Waals surface area contributed by atoms with Gasteiger partial charge in [0, 0.05) is 0 Å². The molecule has 0 radical (unpaired) electrons. The van der Waals surface area contributed by atoms with E-state index in [1.54, 1.807) is 6.92 Å². The highest BCUT2D eigenvalue weighted by molar-refractivity contribution is 5.72. The van der Waals surface area contributed by atoms with Gasteiger partial charge < -0.3 is 9.47 Å². The number of hydrogen-bond acceptors (Lipinski definition) is 3. The summed E-state index contributed by atoms with van der Waals surface area (Å²) < 4.78 is 10.9. The average Bonchev–Trinajstić information content (AvgIpc) is 2.45. The van der Waals surface area contributed by atoms with Crippen LogP contribution in [0.15, 0.2) is 42.5 Å². The molecule has 0 bridgehead atoms. The Morgan fingerprint density at radius 3 is 2.43 bits per heavy atom. The van der Waals surface area contributed by atoms with E-state index in [1.165, 1.54) is 0 Å². The summed E-state index contributed by atoms with van der Waals surface area (Å²) in [7, 11) is 0. The third-order valence-corrected chi connectivity index (χ3v) is 3.22. The molecular formula is C18H20O3. The molecule has 0 N–H and O–H groups in total. The van der Waals surface area contributed by atoms with Gasteiger partial charge in [0.25, 0.3) is 0 Å². The fourth-order valence-corrected chi connectivity index (χ4v) is 2.03. The van der Waals surface area contributed by atoms with E-state index in [0.29, 0.717) is 6.61 Å². The van der Waals surface area contributed by atoms with Crippen molar-refractivity contribution in [3.05, 3.63) is 59.2 Å². The smallest absolute Gasteiger partial charge is 0.310 e. The summed E-state index contributed by atoms with van der Waals surface area (Å²) in [5.74, 6) is 1.38. The molecule has 0 aliphatic rings. The SMILES string of the molecule is CCOC(=O)Cc1ccc(C)c(Oc2ccccc2C)c1. The lowest BCUT2D eigenvalue weighted by molar-refractivity contribution is -0.142. The van der Waals surface area contributed by atoms with E-state index in [4.69, 9.17) is 9.47 Å². The van der Waals surface area contributed by atoms with Gasteiger partial charge in [-0.15, -0.1) is 0 Å². The number of carbonyl (C=O) groups is 1. The van der Waals surface area contributed by atoms with Crippen molar-refractivity contribution in [1.29, 1.82) is 0 Å². The molecule has 0 amide bonds. The van der Waals surface area contributed by atoms with Crippen LogP contribution >= 0.6 is 0 Å². The van der Waals surface area contributed by atoms with Crippen LogP contribution in [0.3, 0.4) is 0 Å². The van der Waals surface area contributed by atoms with Gasteiger partial charge in [0.1, 0.15) is 11.5 Å². The van der Waals surface area contributed by atoms with Crippen LogP contribution in [0, 0.1) is 13.8 Å². The van der Waals surface area contributed by atoms with Gasteiger partial charge in [0.15, 0.2) is 0 Å². The number of carbonyl (C=O) groups excluding carboxylic acids is 1. The van der Waals surface area contributed by atoms with Crippen molar-refractivity contribution in [2.24, 2.45) is 0 Å². The second kappa shape index (κ2) is 6.93. The van der Waals surface area contributed by atoms with Gasteiger partial charge in [-0.05, 0) is 49.6 Å². The third kappa shape index (κ3) is 4.09. The van der Waals surface area contributed by atoms with Crippen LogP contribution in [0.1, 0.15) is 23.6 Å². The maximum Gasteiger partial charge on any atom is 0.310 e. The zero-order valence-electron chi connectivity index (χ0n) is 12.7. The zero-order chi connectivity index (χ0) is 15.2. The number of hydrogen-bond donors (Lipinski definition) is 0. The van der Waals surface area contributed by atoms with Crippen molar-refractivity contribution < 1.29 is 14.3 Å². The molecular weight excluding hydrogens is 264 g/mol. The third-order valence-electron chi connectivity index (χ3n) is 3.22. The van der Waals surface area contributed by atoms with Crippen LogP contribution in [0.5, 0.6) is 11.5 Å². The largest absolute Gasteiger partial charge is 0.466 e. The molecule has 21 heavy (non-hydrogen) atoms. The summed E-state index contributed by atoms with van der Waals surface area (Å²) >= 11 is 0. The van der Waals surface area contributed by atoms with Crippen molar-refractivity contribution in [3.63, 3.8) is 0 Å². The Morgan fingerprint density at radius 2 is 1.71 bits per heavy atom. The number of para-hydroxylation sites is 1. The van der Waals surface area contributed by atoms with E-state index in [9.17, 15) is 4.79 Å². The minimum absolute atomic E-state index is 0.219. The lowest BCUT2D eigenvalue weighted by atomic mass is 10.1.